The van der Waals surface area contributed by atoms with Crippen LogP contribution in [0.5, 0.6) is 0 Å². The summed E-state index contributed by atoms with van der Waals surface area (Å²) in [5, 5.41) is 9.16. The molecule has 3 N–H and O–H groups in total. The molecule has 2 atom stereocenters. The van der Waals surface area contributed by atoms with Crippen LogP contribution in [0.1, 0.15) is 32.6 Å². The average Bonchev–Trinajstić information content (AvgIpc) is 2.36. The van der Waals surface area contributed by atoms with Crippen molar-refractivity contribution in [3.8, 4) is 0 Å². The van der Waals surface area contributed by atoms with Crippen LogP contribution in [0.3, 0.4) is 0 Å². The fraction of sp³-hybridized carbons (Fsp3) is 1.00. The zero-order valence-electron chi connectivity index (χ0n) is 6.59. The molecule has 2 heteroatoms. The van der Waals surface area contributed by atoms with Crippen LogP contribution in [-0.2, 0) is 0 Å². The van der Waals surface area contributed by atoms with Crippen LogP contribution < -0.4 is 5.73 Å². The maximum atomic E-state index is 9.16. The average molecular weight is 143 g/mol. The quantitative estimate of drug-likeness (QED) is 0.603. The predicted octanol–water partition coefficient (Wildman–Crippen LogP) is 0.885. The Labute approximate surface area is 62.4 Å². The highest BCUT2D eigenvalue weighted by Gasteiger charge is 2.24. The molecule has 0 aromatic carbocycles. The Morgan fingerprint density at radius 1 is 1.40 bits per heavy atom. The van der Waals surface area contributed by atoms with E-state index in [4.69, 9.17) is 10.8 Å². The van der Waals surface area contributed by atoms with E-state index in [0.717, 1.165) is 0 Å². The highest BCUT2D eigenvalue weighted by Crippen LogP contribution is 2.27. The van der Waals surface area contributed by atoms with E-state index in [9.17, 15) is 0 Å². The summed E-state index contributed by atoms with van der Waals surface area (Å²) in [5.74, 6) is 0.583. The molecule has 0 radical (unpaired) electrons. The third kappa shape index (κ3) is 1.70. The minimum Gasteiger partial charge on any atom is -0.392 e. The third-order valence-corrected chi connectivity index (χ3v) is 2.50. The van der Waals surface area contributed by atoms with Crippen molar-refractivity contribution < 1.29 is 5.11 Å². The SMILES string of the molecule is C[C@@H](O)[C@H](N)C1CCCC1. The summed E-state index contributed by atoms with van der Waals surface area (Å²) in [5.41, 5.74) is 5.77. The molecule has 0 heterocycles. The second-order valence-corrected chi connectivity index (χ2v) is 3.36. The first-order valence-corrected chi connectivity index (χ1v) is 4.15. The molecular formula is C8H17NO. The van der Waals surface area contributed by atoms with Gasteiger partial charge in [0.05, 0.1) is 6.10 Å². The molecule has 1 rings (SSSR count). The molecule has 1 fully saturated rings. The molecule has 2 nitrogen and oxygen atoms in total. The lowest BCUT2D eigenvalue weighted by molar-refractivity contribution is 0.135. The lowest BCUT2D eigenvalue weighted by Gasteiger charge is -2.20. The number of rotatable bonds is 2. The van der Waals surface area contributed by atoms with E-state index in [1.165, 1.54) is 25.7 Å². The highest BCUT2D eigenvalue weighted by atomic mass is 16.3. The van der Waals surface area contributed by atoms with Gasteiger partial charge in [-0.2, -0.15) is 0 Å². The first kappa shape index (κ1) is 8.02. The Bertz CT molecular complexity index is 97.4. The zero-order chi connectivity index (χ0) is 7.56. The minimum atomic E-state index is -0.330. The first-order valence-electron chi connectivity index (χ1n) is 4.15. The minimum absolute atomic E-state index is 0.0162. The van der Waals surface area contributed by atoms with E-state index in [1.54, 1.807) is 6.92 Å². The molecule has 0 saturated heterocycles. The van der Waals surface area contributed by atoms with E-state index in [1.807, 2.05) is 0 Å². The van der Waals surface area contributed by atoms with Crippen molar-refractivity contribution in [2.45, 2.75) is 44.8 Å². The van der Waals surface area contributed by atoms with Crippen LogP contribution in [0, 0.1) is 5.92 Å². The second-order valence-electron chi connectivity index (χ2n) is 3.36. The Morgan fingerprint density at radius 2 is 1.90 bits per heavy atom. The van der Waals surface area contributed by atoms with Crippen molar-refractivity contribution in [2.24, 2.45) is 11.7 Å². The van der Waals surface area contributed by atoms with Gasteiger partial charge in [-0.25, -0.2) is 0 Å². The lowest BCUT2D eigenvalue weighted by Crippen LogP contribution is -2.38. The first-order chi connectivity index (χ1) is 4.72. The van der Waals surface area contributed by atoms with Gasteiger partial charge in [-0.15, -0.1) is 0 Å². The third-order valence-electron chi connectivity index (χ3n) is 2.50. The molecular weight excluding hydrogens is 126 g/mol. The van der Waals surface area contributed by atoms with Crippen LogP contribution in [0.4, 0.5) is 0 Å². The second kappa shape index (κ2) is 3.35. The highest BCUT2D eigenvalue weighted by molar-refractivity contribution is 4.80. The van der Waals surface area contributed by atoms with Crippen molar-refractivity contribution in [3.63, 3.8) is 0 Å². The van der Waals surface area contributed by atoms with E-state index in [-0.39, 0.29) is 12.1 Å². The fourth-order valence-electron chi connectivity index (χ4n) is 1.74. The van der Waals surface area contributed by atoms with E-state index < -0.39 is 0 Å². The van der Waals surface area contributed by atoms with Gasteiger partial charge in [0.1, 0.15) is 0 Å². The van der Waals surface area contributed by atoms with Gasteiger partial charge in [0.15, 0.2) is 0 Å². The van der Waals surface area contributed by atoms with Crippen LogP contribution in [0.25, 0.3) is 0 Å². The molecule has 0 aliphatic heterocycles. The van der Waals surface area contributed by atoms with E-state index in [0.29, 0.717) is 5.92 Å². The van der Waals surface area contributed by atoms with Gasteiger partial charge < -0.3 is 10.8 Å². The maximum absolute atomic E-state index is 9.16. The monoisotopic (exact) mass is 143 g/mol. The smallest absolute Gasteiger partial charge is 0.0665 e. The molecule has 1 saturated carbocycles. The van der Waals surface area contributed by atoms with Crippen molar-refractivity contribution in [2.75, 3.05) is 0 Å². The molecule has 0 aromatic heterocycles. The summed E-state index contributed by atoms with van der Waals surface area (Å²) in [6.07, 6.45) is 4.69. The van der Waals surface area contributed by atoms with Gasteiger partial charge in [-0.05, 0) is 25.7 Å². The Morgan fingerprint density at radius 3 is 2.30 bits per heavy atom. The van der Waals surface area contributed by atoms with Gasteiger partial charge >= 0.3 is 0 Å². The van der Waals surface area contributed by atoms with Gasteiger partial charge in [0.2, 0.25) is 0 Å². The predicted molar refractivity (Wildman–Crippen MR) is 41.6 cm³/mol. The molecule has 60 valence electrons. The van der Waals surface area contributed by atoms with Crippen molar-refractivity contribution in [1.29, 1.82) is 0 Å². The van der Waals surface area contributed by atoms with Gasteiger partial charge in [-0.3, -0.25) is 0 Å². The van der Waals surface area contributed by atoms with Gasteiger partial charge in [-0.1, -0.05) is 12.8 Å². The number of nitrogens with two attached hydrogens (primary N) is 1. The van der Waals surface area contributed by atoms with Gasteiger partial charge in [0.25, 0.3) is 0 Å². The Balaban J connectivity index is 2.32. The van der Waals surface area contributed by atoms with E-state index in [2.05, 4.69) is 0 Å². The van der Waals surface area contributed by atoms with E-state index >= 15 is 0 Å². The molecule has 0 aromatic rings. The molecule has 0 unspecified atom stereocenters. The summed E-state index contributed by atoms with van der Waals surface area (Å²) >= 11 is 0. The van der Waals surface area contributed by atoms with Crippen molar-refractivity contribution in [1.82, 2.24) is 0 Å². The lowest BCUT2D eigenvalue weighted by atomic mass is 9.95. The molecule has 1 aliphatic rings. The van der Waals surface area contributed by atoms with Crippen LogP contribution in [0.2, 0.25) is 0 Å². The number of aliphatic hydroxyl groups is 1. The van der Waals surface area contributed by atoms with Gasteiger partial charge in [0, 0.05) is 6.04 Å². The normalized spacial score (nSPS) is 26.7. The maximum Gasteiger partial charge on any atom is 0.0665 e. The number of hydrogen-bond acceptors (Lipinski definition) is 2. The fourth-order valence-corrected chi connectivity index (χ4v) is 1.74. The topological polar surface area (TPSA) is 46.2 Å². The summed E-state index contributed by atoms with van der Waals surface area (Å²) < 4.78 is 0. The zero-order valence-corrected chi connectivity index (χ0v) is 6.59. The molecule has 0 bridgehead atoms. The van der Waals surface area contributed by atoms with Crippen molar-refractivity contribution >= 4 is 0 Å². The van der Waals surface area contributed by atoms with Crippen LogP contribution in [-0.4, -0.2) is 17.3 Å². The largest absolute Gasteiger partial charge is 0.392 e. The van der Waals surface area contributed by atoms with Crippen molar-refractivity contribution in [3.05, 3.63) is 0 Å². The number of hydrogen-bond donors (Lipinski definition) is 2. The molecule has 10 heavy (non-hydrogen) atoms. The standard InChI is InChI=1S/C8H17NO/c1-6(10)8(9)7-4-2-3-5-7/h6-8,10H,2-5,9H2,1H3/t6-,8+/m1/s1. The summed E-state index contributed by atoms with van der Waals surface area (Å²) in [4.78, 5) is 0. The summed E-state index contributed by atoms with van der Waals surface area (Å²) in [6.45, 7) is 1.78. The molecule has 0 amide bonds. The van der Waals surface area contributed by atoms with Crippen LogP contribution in [0.15, 0.2) is 0 Å². The Kier molecular flexibility index (Phi) is 2.69. The summed E-state index contributed by atoms with van der Waals surface area (Å²) in [6, 6.07) is 0.0162. The van der Waals surface area contributed by atoms with Crippen LogP contribution >= 0.6 is 0 Å². The summed E-state index contributed by atoms with van der Waals surface area (Å²) in [7, 11) is 0. The Hall–Kier alpha value is -0.0800. The number of aliphatic hydroxyl groups excluding tert-OH is 1. The molecule has 1 aliphatic carbocycles. The molecule has 0 spiro atoms.